The van der Waals surface area contributed by atoms with E-state index in [4.69, 9.17) is 5.73 Å². The highest BCUT2D eigenvalue weighted by atomic mass is 16.3. The number of hydrogen-bond acceptors (Lipinski definition) is 5. The molecule has 5 nitrogen and oxygen atoms in total. The topological polar surface area (TPSA) is 84.1 Å². The normalized spacial score (nSPS) is 11.3. The van der Waals surface area contributed by atoms with Gasteiger partial charge in [0.25, 0.3) is 0 Å². The fourth-order valence-corrected chi connectivity index (χ4v) is 0.776. The van der Waals surface area contributed by atoms with Crippen LogP contribution in [0.25, 0.3) is 0 Å². The Hall–Kier alpha value is -1.36. The van der Waals surface area contributed by atoms with Gasteiger partial charge in [0.05, 0.1) is 5.60 Å². The average Bonchev–Trinajstić information content (AvgIpc) is 2.00. The lowest BCUT2D eigenvalue weighted by molar-refractivity contribution is 0.0944. The SMILES string of the molecule is CC(C)(O)CNc1cc(N)ncn1. The summed E-state index contributed by atoms with van der Waals surface area (Å²) in [6.07, 6.45) is 1.38. The van der Waals surface area contributed by atoms with Crippen LogP contribution in [0.15, 0.2) is 12.4 Å². The maximum Gasteiger partial charge on any atom is 0.131 e. The van der Waals surface area contributed by atoms with Gasteiger partial charge in [-0.3, -0.25) is 0 Å². The van der Waals surface area contributed by atoms with Crippen molar-refractivity contribution in [2.45, 2.75) is 19.4 Å². The first-order chi connectivity index (χ1) is 5.97. The van der Waals surface area contributed by atoms with Crippen LogP contribution in [0, 0.1) is 0 Å². The van der Waals surface area contributed by atoms with E-state index in [1.54, 1.807) is 19.9 Å². The molecule has 0 fully saturated rings. The molecular formula is C8H14N4O. The summed E-state index contributed by atoms with van der Waals surface area (Å²) in [4.78, 5) is 7.68. The zero-order valence-electron chi connectivity index (χ0n) is 7.78. The van der Waals surface area contributed by atoms with Crippen LogP contribution in [0.2, 0.25) is 0 Å². The van der Waals surface area contributed by atoms with Crippen molar-refractivity contribution in [2.75, 3.05) is 17.6 Å². The predicted molar refractivity (Wildman–Crippen MR) is 51.2 cm³/mol. The minimum atomic E-state index is -0.764. The summed E-state index contributed by atoms with van der Waals surface area (Å²) in [7, 11) is 0. The van der Waals surface area contributed by atoms with Crippen LogP contribution < -0.4 is 11.1 Å². The van der Waals surface area contributed by atoms with Crippen molar-refractivity contribution >= 4 is 11.6 Å². The molecule has 0 unspecified atom stereocenters. The van der Waals surface area contributed by atoms with E-state index < -0.39 is 5.60 Å². The molecule has 0 atom stereocenters. The Morgan fingerprint density at radius 1 is 1.54 bits per heavy atom. The van der Waals surface area contributed by atoms with Gasteiger partial charge in [-0.05, 0) is 13.8 Å². The van der Waals surface area contributed by atoms with Gasteiger partial charge < -0.3 is 16.2 Å². The largest absolute Gasteiger partial charge is 0.389 e. The van der Waals surface area contributed by atoms with Gasteiger partial charge in [-0.2, -0.15) is 0 Å². The number of nitrogens with zero attached hydrogens (tertiary/aromatic N) is 2. The molecule has 0 aromatic carbocycles. The Labute approximate surface area is 77.0 Å². The number of hydrogen-bond donors (Lipinski definition) is 3. The molecule has 0 saturated heterocycles. The molecule has 13 heavy (non-hydrogen) atoms. The Morgan fingerprint density at radius 3 is 2.77 bits per heavy atom. The summed E-state index contributed by atoms with van der Waals surface area (Å²) in [5.41, 5.74) is 4.68. The third-order valence-corrected chi connectivity index (χ3v) is 1.39. The van der Waals surface area contributed by atoms with Crippen molar-refractivity contribution in [3.05, 3.63) is 12.4 Å². The van der Waals surface area contributed by atoms with Gasteiger partial charge in [-0.15, -0.1) is 0 Å². The minimum absolute atomic E-state index is 0.410. The molecule has 0 spiro atoms. The average molecular weight is 182 g/mol. The van der Waals surface area contributed by atoms with Crippen molar-refractivity contribution in [3.63, 3.8) is 0 Å². The van der Waals surface area contributed by atoms with Gasteiger partial charge >= 0.3 is 0 Å². The third-order valence-electron chi connectivity index (χ3n) is 1.39. The van der Waals surface area contributed by atoms with Crippen molar-refractivity contribution in [2.24, 2.45) is 0 Å². The van der Waals surface area contributed by atoms with Crippen molar-refractivity contribution in [1.82, 2.24) is 9.97 Å². The van der Waals surface area contributed by atoms with E-state index in [1.807, 2.05) is 0 Å². The lowest BCUT2D eigenvalue weighted by Gasteiger charge is -2.17. The van der Waals surface area contributed by atoms with Crippen molar-refractivity contribution in [3.8, 4) is 0 Å². The first-order valence-electron chi connectivity index (χ1n) is 4.01. The number of nitrogen functional groups attached to an aromatic ring is 1. The van der Waals surface area contributed by atoms with Gasteiger partial charge in [-0.25, -0.2) is 9.97 Å². The lowest BCUT2D eigenvalue weighted by Crippen LogP contribution is -2.29. The second kappa shape index (κ2) is 3.57. The molecule has 5 heteroatoms. The second-order valence-corrected chi connectivity index (χ2v) is 3.49. The van der Waals surface area contributed by atoms with Crippen LogP contribution >= 0.6 is 0 Å². The van der Waals surface area contributed by atoms with E-state index in [9.17, 15) is 5.11 Å². The molecule has 0 radical (unpaired) electrons. The van der Waals surface area contributed by atoms with Gasteiger partial charge in [0.2, 0.25) is 0 Å². The molecule has 0 aliphatic rings. The maximum absolute atomic E-state index is 9.41. The lowest BCUT2D eigenvalue weighted by atomic mass is 10.1. The number of aromatic nitrogens is 2. The van der Waals surface area contributed by atoms with Crippen LogP contribution in [-0.2, 0) is 0 Å². The maximum atomic E-state index is 9.41. The zero-order chi connectivity index (χ0) is 9.90. The Bertz CT molecular complexity index is 282. The minimum Gasteiger partial charge on any atom is -0.389 e. The molecule has 0 saturated carbocycles. The van der Waals surface area contributed by atoms with Crippen LogP contribution in [0.4, 0.5) is 11.6 Å². The smallest absolute Gasteiger partial charge is 0.131 e. The quantitative estimate of drug-likeness (QED) is 0.623. The second-order valence-electron chi connectivity index (χ2n) is 3.49. The number of anilines is 2. The number of nitrogens with one attached hydrogen (secondary N) is 1. The first kappa shape index (κ1) is 9.73. The molecule has 4 N–H and O–H groups in total. The number of nitrogens with two attached hydrogens (primary N) is 1. The standard InChI is InChI=1S/C8H14N4O/c1-8(2,13)4-10-7-3-6(9)11-5-12-7/h3,5,13H,4H2,1-2H3,(H3,9,10,11,12). The Balaban J connectivity index is 2.55. The molecule has 0 bridgehead atoms. The van der Waals surface area contributed by atoms with E-state index in [0.29, 0.717) is 18.2 Å². The van der Waals surface area contributed by atoms with Crippen molar-refractivity contribution < 1.29 is 5.11 Å². The summed E-state index contributed by atoms with van der Waals surface area (Å²) in [6.45, 7) is 3.85. The molecular weight excluding hydrogens is 168 g/mol. The van der Waals surface area contributed by atoms with E-state index in [-0.39, 0.29) is 0 Å². The third kappa shape index (κ3) is 3.71. The Morgan fingerprint density at radius 2 is 2.23 bits per heavy atom. The highest BCUT2D eigenvalue weighted by molar-refractivity contribution is 5.43. The summed E-state index contributed by atoms with van der Waals surface area (Å²) in [5, 5.41) is 12.4. The summed E-state index contributed by atoms with van der Waals surface area (Å²) in [6, 6.07) is 1.62. The fourth-order valence-electron chi connectivity index (χ4n) is 0.776. The van der Waals surface area contributed by atoms with E-state index in [1.165, 1.54) is 6.33 Å². The van der Waals surface area contributed by atoms with Gasteiger partial charge in [0, 0.05) is 12.6 Å². The van der Waals surface area contributed by atoms with Crippen LogP contribution in [-0.4, -0.2) is 27.2 Å². The van der Waals surface area contributed by atoms with Crippen LogP contribution in [0.1, 0.15) is 13.8 Å². The predicted octanol–water partition coefficient (Wildman–Crippen LogP) is 0.242. The van der Waals surface area contributed by atoms with E-state index in [2.05, 4.69) is 15.3 Å². The fraction of sp³-hybridized carbons (Fsp3) is 0.500. The number of aliphatic hydroxyl groups is 1. The molecule has 1 rings (SSSR count). The van der Waals surface area contributed by atoms with Crippen molar-refractivity contribution in [1.29, 1.82) is 0 Å². The van der Waals surface area contributed by atoms with Gasteiger partial charge in [0.1, 0.15) is 18.0 Å². The molecule has 0 aliphatic carbocycles. The van der Waals surface area contributed by atoms with Crippen LogP contribution in [0.5, 0.6) is 0 Å². The van der Waals surface area contributed by atoms with E-state index >= 15 is 0 Å². The van der Waals surface area contributed by atoms with Gasteiger partial charge in [-0.1, -0.05) is 0 Å². The molecule has 0 aliphatic heterocycles. The summed E-state index contributed by atoms with van der Waals surface area (Å²) >= 11 is 0. The summed E-state index contributed by atoms with van der Waals surface area (Å²) in [5.74, 6) is 1.03. The first-order valence-corrected chi connectivity index (χ1v) is 4.01. The summed E-state index contributed by atoms with van der Waals surface area (Å²) < 4.78 is 0. The van der Waals surface area contributed by atoms with Crippen LogP contribution in [0.3, 0.4) is 0 Å². The molecule has 72 valence electrons. The number of rotatable bonds is 3. The van der Waals surface area contributed by atoms with E-state index in [0.717, 1.165) is 0 Å². The molecule has 1 aromatic heterocycles. The zero-order valence-corrected chi connectivity index (χ0v) is 7.78. The molecule has 1 aromatic rings. The highest BCUT2D eigenvalue weighted by Crippen LogP contribution is 2.07. The van der Waals surface area contributed by atoms with Gasteiger partial charge in [0.15, 0.2) is 0 Å². The monoisotopic (exact) mass is 182 g/mol. The molecule has 1 heterocycles. The highest BCUT2D eigenvalue weighted by Gasteiger charge is 2.11. The Kier molecular flexibility index (Phi) is 2.67. The molecule has 0 amide bonds.